The van der Waals surface area contributed by atoms with Gasteiger partial charge in [0.05, 0.1) is 27.7 Å². The summed E-state index contributed by atoms with van der Waals surface area (Å²) in [6.07, 6.45) is 0.811. The molecular formula is C23H25Cl2N5O2. The zero-order valence-electron chi connectivity index (χ0n) is 18.0. The minimum Gasteiger partial charge on any atom is -0.322 e. The van der Waals surface area contributed by atoms with Crippen molar-refractivity contribution in [3.05, 3.63) is 68.7 Å². The third-order valence-corrected chi connectivity index (χ3v) is 6.47. The van der Waals surface area contributed by atoms with Gasteiger partial charge in [-0.25, -0.2) is 9.78 Å². The van der Waals surface area contributed by atoms with E-state index in [9.17, 15) is 9.59 Å². The summed E-state index contributed by atoms with van der Waals surface area (Å²) in [4.78, 5) is 34.4. The summed E-state index contributed by atoms with van der Waals surface area (Å²) in [5.41, 5.74) is 1.20. The molecule has 9 heteroatoms. The van der Waals surface area contributed by atoms with E-state index in [-0.39, 0.29) is 17.6 Å². The maximum Gasteiger partial charge on any atom is 0.321 e. The molecule has 168 valence electrons. The summed E-state index contributed by atoms with van der Waals surface area (Å²) >= 11 is 12.1. The van der Waals surface area contributed by atoms with E-state index in [1.807, 2.05) is 18.2 Å². The highest BCUT2D eigenvalue weighted by Gasteiger charge is 2.29. The second kappa shape index (κ2) is 9.48. The van der Waals surface area contributed by atoms with Crippen molar-refractivity contribution in [3.63, 3.8) is 0 Å². The molecule has 1 unspecified atom stereocenters. The number of nitrogens with one attached hydrogen (secondary N) is 1. The number of nitrogens with zero attached hydrogens (tertiary/aromatic N) is 4. The lowest BCUT2D eigenvalue weighted by molar-refractivity contribution is 0.105. The lowest BCUT2D eigenvalue weighted by Gasteiger charge is -2.39. The van der Waals surface area contributed by atoms with Gasteiger partial charge in [0.1, 0.15) is 5.82 Å². The van der Waals surface area contributed by atoms with E-state index in [0.717, 1.165) is 12.2 Å². The first-order valence-electron chi connectivity index (χ1n) is 10.6. The van der Waals surface area contributed by atoms with Crippen LogP contribution in [0.1, 0.15) is 25.2 Å². The fourth-order valence-corrected chi connectivity index (χ4v) is 4.61. The summed E-state index contributed by atoms with van der Waals surface area (Å²) in [6, 6.07) is 12.2. The number of benzene rings is 2. The average Bonchev–Trinajstić information content (AvgIpc) is 2.80. The Morgan fingerprint density at radius 1 is 1.12 bits per heavy atom. The number of urea groups is 1. The number of rotatable bonds is 4. The molecule has 1 N–H and O–H groups in total. The Kier molecular flexibility index (Phi) is 6.69. The molecule has 2 amide bonds. The molecule has 0 spiro atoms. The number of carbonyl (C=O) groups excluding carboxylic acids is 1. The lowest BCUT2D eigenvalue weighted by atomic mass is 10.1. The molecule has 0 saturated carbocycles. The first kappa shape index (κ1) is 22.6. The van der Waals surface area contributed by atoms with Gasteiger partial charge in [-0.15, -0.1) is 0 Å². The molecule has 1 fully saturated rings. The molecule has 0 bridgehead atoms. The average molecular weight is 474 g/mol. The monoisotopic (exact) mass is 473 g/mol. The minimum absolute atomic E-state index is 0.00627. The van der Waals surface area contributed by atoms with Crippen LogP contribution in [-0.4, -0.2) is 51.6 Å². The van der Waals surface area contributed by atoms with Crippen LogP contribution < -0.4 is 10.9 Å². The molecule has 1 saturated heterocycles. The number of aromatic nitrogens is 2. The standard InChI is InChI=1S/C23H25Cl2N5O2/c1-3-20(21-26-18-7-5-4-6-16(18)22(31)28(21)2)29-10-12-30(13-11-29)23(32)27-19-9-8-15(24)14-17(19)25/h4-9,14,20H,3,10-13H2,1-2H3,(H,27,32). The third kappa shape index (κ3) is 4.46. The number of halogens is 2. The van der Waals surface area contributed by atoms with Gasteiger partial charge in [-0.1, -0.05) is 42.3 Å². The van der Waals surface area contributed by atoms with Gasteiger partial charge >= 0.3 is 6.03 Å². The van der Waals surface area contributed by atoms with Crippen LogP contribution in [0.15, 0.2) is 47.3 Å². The van der Waals surface area contributed by atoms with Gasteiger partial charge < -0.3 is 10.2 Å². The van der Waals surface area contributed by atoms with Crippen LogP contribution in [0.3, 0.4) is 0 Å². The van der Waals surface area contributed by atoms with Crippen molar-refractivity contribution in [1.29, 1.82) is 0 Å². The summed E-state index contributed by atoms with van der Waals surface area (Å²) < 4.78 is 1.65. The van der Waals surface area contributed by atoms with Crippen LogP contribution in [0.2, 0.25) is 10.0 Å². The smallest absolute Gasteiger partial charge is 0.321 e. The summed E-state index contributed by atoms with van der Waals surface area (Å²) in [5, 5.41) is 4.39. The number of hydrogen-bond acceptors (Lipinski definition) is 4. The number of amides is 2. The molecule has 0 radical (unpaired) electrons. The topological polar surface area (TPSA) is 70.5 Å². The molecule has 4 rings (SSSR count). The van der Waals surface area contributed by atoms with Gasteiger partial charge in [-0.3, -0.25) is 14.3 Å². The third-order valence-electron chi connectivity index (χ3n) is 5.92. The second-order valence-electron chi connectivity index (χ2n) is 7.85. The zero-order chi connectivity index (χ0) is 22.8. The molecule has 2 heterocycles. The van der Waals surface area contributed by atoms with Crippen molar-refractivity contribution in [2.45, 2.75) is 19.4 Å². The van der Waals surface area contributed by atoms with Crippen LogP contribution in [0.4, 0.5) is 10.5 Å². The fraction of sp³-hybridized carbons (Fsp3) is 0.348. The van der Waals surface area contributed by atoms with Crippen molar-refractivity contribution in [2.24, 2.45) is 7.05 Å². The van der Waals surface area contributed by atoms with Crippen LogP contribution in [-0.2, 0) is 7.05 Å². The Bertz CT molecular complexity index is 1200. The van der Waals surface area contributed by atoms with E-state index < -0.39 is 0 Å². The predicted molar refractivity (Wildman–Crippen MR) is 129 cm³/mol. The second-order valence-corrected chi connectivity index (χ2v) is 8.70. The Balaban J connectivity index is 1.47. The molecule has 32 heavy (non-hydrogen) atoms. The Morgan fingerprint density at radius 3 is 2.53 bits per heavy atom. The molecular weight excluding hydrogens is 449 g/mol. The van der Waals surface area contributed by atoms with E-state index in [1.165, 1.54) is 0 Å². The highest BCUT2D eigenvalue weighted by molar-refractivity contribution is 6.36. The number of fused-ring (bicyclic) bond motifs is 1. The van der Waals surface area contributed by atoms with E-state index >= 15 is 0 Å². The summed E-state index contributed by atoms with van der Waals surface area (Å²) in [5.74, 6) is 0.752. The van der Waals surface area contributed by atoms with Gasteiger partial charge in [0.25, 0.3) is 5.56 Å². The van der Waals surface area contributed by atoms with Crippen LogP contribution in [0, 0.1) is 0 Å². The number of hydrogen-bond donors (Lipinski definition) is 1. The van der Waals surface area contributed by atoms with E-state index in [1.54, 1.807) is 40.8 Å². The molecule has 7 nitrogen and oxygen atoms in total. The molecule has 1 aliphatic rings. The van der Waals surface area contributed by atoms with E-state index in [4.69, 9.17) is 28.2 Å². The summed E-state index contributed by atoms with van der Waals surface area (Å²) in [7, 11) is 1.78. The largest absolute Gasteiger partial charge is 0.322 e. The van der Waals surface area contributed by atoms with Crippen LogP contribution >= 0.6 is 23.2 Å². The molecule has 1 aliphatic heterocycles. The maximum atomic E-state index is 12.8. The van der Waals surface area contributed by atoms with Crippen LogP contribution in [0.5, 0.6) is 0 Å². The number of piperazine rings is 1. The molecule has 0 aliphatic carbocycles. The van der Waals surface area contributed by atoms with Crippen molar-refractivity contribution < 1.29 is 4.79 Å². The van der Waals surface area contributed by atoms with Crippen molar-refractivity contribution in [1.82, 2.24) is 19.4 Å². The van der Waals surface area contributed by atoms with Crippen molar-refractivity contribution >= 4 is 45.8 Å². The van der Waals surface area contributed by atoms with E-state index in [2.05, 4.69) is 17.1 Å². The Morgan fingerprint density at radius 2 is 1.84 bits per heavy atom. The van der Waals surface area contributed by atoms with Crippen molar-refractivity contribution in [3.8, 4) is 0 Å². The lowest BCUT2D eigenvalue weighted by Crippen LogP contribution is -2.51. The highest BCUT2D eigenvalue weighted by Crippen LogP contribution is 2.27. The summed E-state index contributed by atoms with van der Waals surface area (Å²) in [6.45, 7) is 4.59. The Labute approximate surface area is 196 Å². The first-order chi connectivity index (χ1) is 15.4. The minimum atomic E-state index is -0.196. The Hall–Kier alpha value is -2.61. The van der Waals surface area contributed by atoms with Gasteiger partial charge in [-0.05, 0) is 36.8 Å². The fourth-order valence-electron chi connectivity index (χ4n) is 4.16. The van der Waals surface area contributed by atoms with Gasteiger partial charge in [0.2, 0.25) is 0 Å². The normalized spacial score (nSPS) is 15.7. The first-order valence-corrected chi connectivity index (χ1v) is 11.3. The molecule has 2 aromatic carbocycles. The SMILES string of the molecule is CCC(c1nc2ccccc2c(=O)n1C)N1CCN(C(=O)Nc2ccc(Cl)cc2Cl)CC1. The highest BCUT2D eigenvalue weighted by atomic mass is 35.5. The predicted octanol–water partition coefficient (Wildman–Crippen LogP) is 4.54. The maximum absolute atomic E-state index is 12.8. The van der Waals surface area contributed by atoms with Crippen molar-refractivity contribution in [2.75, 3.05) is 31.5 Å². The van der Waals surface area contributed by atoms with Gasteiger partial charge in [-0.2, -0.15) is 0 Å². The molecule has 1 atom stereocenters. The van der Waals surface area contributed by atoms with Gasteiger partial charge in [0.15, 0.2) is 0 Å². The van der Waals surface area contributed by atoms with E-state index in [0.29, 0.717) is 52.8 Å². The molecule has 3 aromatic rings. The number of carbonyl (C=O) groups is 1. The van der Waals surface area contributed by atoms with Crippen LogP contribution in [0.25, 0.3) is 10.9 Å². The van der Waals surface area contributed by atoms with Gasteiger partial charge in [0, 0.05) is 38.2 Å². The zero-order valence-corrected chi connectivity index (χ0v) is 19.5. The molecule has 1 aromatic heterocycles. The number of anilines is 1. The quantitative estimate of drug-likeness (QED) is 0.603. The number of para-hydroxylation sites is 1.